The fourth-order valence-electron chi connectivity index (χ4n) is 3.23. The van der Waals surface area contributed by atoms with Crippen LogP contribution in [0.3, 0.4) is 0 Å². The first-order chi connectivity index (χ1) is 11.3. The van der Waals surface area contributed by atoms with Gasteiger partial charge >= 0.3 is 0 Å². The monoisotopic (exact) mass is 350 g/mol. The third-order valence-corrected chi connectivity index (χ3v) is 4.51. The molecule has 1 atom stereocenters. The first kappa shape index (κ1) is 18.4. The molecule has 0 bridgehead atoms. The van der Waals surface area contributed by atoms with Crippen LogP contribution in [-0.2, 0) is 0 Å². The van der Waals surface area contributed by atoms with Gasteiger partial charge in [0.1, 0.15) is 6.33 Å². The van der Waals surface area contributed by atoms with Gasteiger partial charge in [0.25, 0.3) is 5.91 Å². The minimum Gasteiger partial charge on any atom is -0.348 e. The molecule has 1 aliphatic rings. The molecule has 130 valence electrons. The fourth-order valence-corrected chi connectivity index (χ4v) is 3.23. The van der Waals surface area contributed by atoms with Crippen LogP contribution in [-0.4, -0.2) is 38.7 Å². The van der Waals surface area contributed by atoms with Crippen LogP contribution < -0.4 is 11.1 Å². The molecule has 0 radical (unpaired) electrons. The van der Waals surface area contributed by atoms with Crippen LogP contribution in [0.5, 0.6) is 0 Å². The van der Waals surface area contributed by atoms with Gasteiger partial charge in [-0.2, -0.15) is 0 Å². The summed E-state index contributed by atoms with van der Waals surface area (Å²) in [6, 6.07) is 7.29. The Bertz CT molecular complexity index is 642. The topological polar surface area (TPSA) is 98.7 Å². The van der Waals surface area contributed by atoms with E-state index in [0.29, 0.717) is 18.0 Å². The van der Waals surface area contributed by atoms with Crippen molar-refractivity contribution >= 4 is 18.3 Å². The van der Waals surface area contributed by atoms with Gasteiger partial charge in [0.2, 0.25) is 0 Å². The van der Waals surface area contributed by atoms with Crippen LogP contribution in [0.15, 0.2) is 30.6 Å². The highest BCUT2D eigenvalue weighted by Gasteiger charge is 2.24. The zero-order valence-corrected chi connectivity index (χ0v) is 14.3. The van der Waals surface area contributed by atoms with E-state index in [0.717, 1.165) is 18.5 Å². The molecule has 0 saturated heterocycles. The summed E-state index contributed by atoms with van der Waals surface area (Å²) in [5.74, 6) is 0.390. The van der Waals surface area contributed by atoms with E-state index >= 15 is 0 Å². The van der Waals surface area contributed by atoms with Gasteiger partial charge in [-0.3, -0.25) is 4.79 Å². The van der Waals surface area contributed by atoms with Crippen LogP contribution in [0.25, 0.3) is 5.69 Å². The first-order valence-corrected chi connectivity index (χ1v) is 8.12. The third kappa shape index (κ3) is 4.30. The number of benzene rings is 1. The van der Waals surface area contributed by atoms with Crippen molar-refractivity contribution in [3.05, 3.63) is 36.2 Å². The number of rotatable bonds is 5. The number of nitrogens with one attached hydrogen (secondary N) is 1. The molecule has 1 amide bonds. The van der Waals surface area contributed by atoms with E-state index in [1.165, 1.54) is 30.3 Å². The third-order valence-electron chi connectivity index (χ3n) is 4.51. The predicted molar refractivity (Wildman–Crippen MR) is 93.3 cm³/mol. The van der Waals surface area contributed by atoms with Gasteiger partial charge in [0, 0.05) is 18.2 Å². The van der Waals surface area contributed by atoms with Crippen molar-refractivity contribution < 1.29 is 4.79 Å². The minimum absolute atomic E-state index is 0. The number of nitrogens with zero attached hydrogens (tertiary/aromatic N) is 4. The molecule has 1 aromatic heterocycles. The number of carbonyl (C=O) groups excluding carboxylic acids is 1. The molecule has 0 spiro atoms. The molecule has 1 heterocycles. The maximum atomic E-state index is 12.6. The summed E-state index contributed by atoms with van der Waals surface area (Å²) < 4.78 is 1.53. The van der Waals surface area contributed by atoms with Crippen LogP contribution >= 0.6 is 12.4 Å². The number of amides is 1. The van der Waals surface area contributed by atoms with Gasteiger partial charge in [-0.25, -0.2) is 4.68 Å². The molecule has 2 aromatic rings. The lowest BCUT2D eigenvalue weighted by atomic mass is 9.84. The second-order valence-corrected chi connectivity index (χ2v) is 6.02. The number of aromatic nitrogens is 4. The zero-order chi connectivity index (χ0) is 16.1. The first-order valence-electron chi connectivity index (χ1n) is 8.12. The molecule has 7 nitrogen and oxygen atoms in total. The second kappa shape index (κ2) is 8.75. The Labute approximate surface area is 147 Å². The summed E-state index contributed by atoms with van der Waals surface area (Å²) >= 11 is 0. The lowest BCUT2D eigenvalue weighted by Crippen LogP contribution is -2.45. The number of hydrogen-bond donors (Lipinski definition) is 2. The highest BCUT2D eigenvalue weighted by atomic mass is 35.5. The van der Waals surface area contributed by atoms with Crippen molar-refractivity contribution in [1.82, 2.24) is 25.5 Å². The lowest BCUT2D eigenvalue weighted by Gasteiger charge is -2.30. The number of halogens is 1. The second-order valence-electron chi connectivity index (χ2n) is 6.02. The smallest absolute Gasteiger partial charge is 0.251 e. The quantitative estimate of drug-likeness (QED) is 0.855. The van der Waals surface area contributed by atoms with E-state index < -0.39 is 0 Å². The Morgan fingerprint density at radius 2 is 2.12 bits per heavy atom. The molecule has 1 aromatic carbocycles. The maximum absolute atomic E-state index is 12.6. The molecule has 1 unspecified atom stereocenters. The summed E-state index contributed by atoms with van der Waals surface area (Å²) in [7, 11) is 0. The van der Waals surface area contributed by atoms with Crippen molar-refractivity contribution in [2.45, 2.75) is 38.1 Å². The van der Waals surface area contributed by atoms with Gasteiger partial charge in [-0.15, -0.1) is 17.5 Å². The zero-order valence-electron chi connectivity index (χ0n) is 13.5. The van der Waals surface area contributed by atoms with Gasteiger partial charge in [0.15, 0.2) is 0 Å². The number of tetrazole rings is 1. The molecule has 1 fully saturated rings. The molecule has 3 N–H and O–H groups in total. The summed E-state index contributed by atoms with van der Waals surface area (Å²) in [6.45, 7) is 0.475. The highest BCUT2D eigenvalue weighted by Crippen LogP contribution is 2.26. The van der Waals surface area contributed by atoms with Crippen LogP contribution in [0.2, 0.25) is 0 Å². The lowest BCUT2D eigenvalue weighted by molar-refractivity contribution is 0.0915. The molecule has 1 aliphatic carbocycles. The Balaban J connectivity index is 0.00000208. The molecule has 24 heavy (non-hydrogen) atoms. The number of nitrogens with two attached hydrogens (primary N) is 1. The molecule has 8 heteroatoms. The van der Waals surface area contributed by atoms with E-state index in [-0.39, 0.29) is 24.4 Å². The molecule has 3 rings (SSSR count). The number of carbonyl (C=O) groups is 1. The van der Waals surface area contributed by atoms with Crippen molar-refractivity contribution in [2.24, 2.45) is 11.7 Å². The fraction of sp³-hybridized carbons (Fsp3) is 0.500. The predicted octanol–water partition coefficient (Wildman–Crippen LogP) is 1.72. The van der Waals surface area contributed by atoms with Gasteiger partial charge in [-0.05, 0) is 47.4 Å². The normalized spacial score (nSPS) is 16.2. The Morgan fingerprint density at radius 3 is 2.79 bits per heavy atom. The molecule has 0 aliphatic heterocycles. The maximum Gasteiger partial charge on any atom is 0.251 e. The van der Waals surface area contributed by atoms with Gasteiger partial charge in [-0.1, -0.05) is 25.3 Å². The SMILES string of the molecule is Cl.NCC(NC(=O)c1cccc(-n2cnnn2)c1)C1CCCCC1. The number of hydrogen-bond acceptors (Lipinski definition) is 5. The van der Waals surface area contributed by atoms with E-state index in [9.17, 15) is 4.79 Å². The Kier molecular flexibility index (Phi) is 6.69. The average molecular weight is 351 g/mol. The standard InChI is InChI=1S/C16H22N6O.ClH/c17-10-15(12-5-2-1-3-6-12)19-16(23)13-7-4-8-14(9-13)22-11-18-20-21-22;/h4,7-9,11-12,15H,1-3,5-6,10,17H2,(H,19,23);1H. The highest BCUT2D eigenvalue weighted by molar-refractivity contribution is 5.94. The van der Waals surface area contributed by atoms with Crippen molar-refractivity contribution in [3.63, 3.8) is 0 Å². The molecular formula is C16H23ClN6O. The van der Waals surface area contributed by atoms with Crippen molar-refractivity contribution in [1.29, 1.82) is 0 Å². The summed E-state index contributed by atoms with van der Waals surface area (Å²) in [5.41, 5.74) is 7.24. The van der Waals surface area contributed by atoms with Crippen LogP contribution in [0.4, 0.5) is 0 Å². The molecule has 1 saturated carbocycles. The average Bonchev–Trinajstić information content (AvgIpc) is 3.15. The van der Waals surface area contributed by atoms with Crippen molar-refractivity contribution in [2.75, 3.05) is 6.54 Å². The Morgan fingerprint density at radius 1 is 1.33 bits per heavy atom. The Hall–Kier alpha value is -1.99. The largest absolute Gasteiger partial charge is 0.348 e. The van der Waals surface area contributed by atoms with Crippen LogP contribution in [0, 0.1) is 5.92 Å². The van der Waals surface area contributed by atoms with E-state index in [2.05, 4.69) is 20.8 Å². The van der Waals surface area contributed by atoms with Crippen molar-refractivity contribution in [3.8, 4) is 5.69 Å². The summed E-state index contributed by atoms with van der Waals surface area (Å²) in [6.07, 6.45) is 7.54. The van der Waals surface area contributed by atoms with Crippen LogP contribution in [0.1, 0.15) is 42.5 Å². The van der Waals surface area contributed by atoms with Gasteiger partial charge < -0.3 is 11.1 Å². The van der Waals surface area contributed by atoms with E-state index in [1.807, 2.05) is 12.1 Å². The molecular weight excluding hydrogens is 328 g/mol. The summed E-state index contributed by atoms with van der Waals surface area (Å²) in [4.78, 5) is 12.6. The van der Waals surface area contributed by atoms with Gasteiger partial charge in [0.05, 0.1) is 5.69 Å². The van der Waals surface area contributed by atoms with E-state index in [1.54, 1.807) is 12.1 Å². The summed E-state index contributed by atoms with van der Waals surface area (Å²) in [5, 5.41) is 14.2. The minimum atomic E-state index is -0.0963. The van der Waals surface area contributed by atoms with E-state index in [4.69, 9.17) is 5.73 Å².